The van der Waals surface area contributed by atoms with Gasteiger partial charge < -0.3 is 5.73 Å². The lowest BCUT2D eigenvalue weighted by molar-refractivity contribution is 0.0925. The van der Waals surface area contributed by atoms with Crippen LogP contribution in [0.25, 0.3) is 0 Å². The van der Waals surface area contributed by atoms with Gasteiger partial charge in [0.05, 0.1) is 0 Å². The van der Waals surface area contributed by atoms with E-state index in [9.17, 15) is 4.79 Å². The molecular formula is C13H19NO. The largest absolute Gasteiger partial charge is 0.330 e. The van der Waals surface area contributed by atoms with E-state index in [0.29, 0.717) is 6.54 Å². The number of ketones is 1. The first-order valence-corrected chi connectivity index (χ1v) is 5.37. The first-order chi connectivity index (χ1) is 7.06. The second kappa shape index (κ2) is 5.08. The Balaban J connectivity index is 2.87. The molecular weight excluding hydrogens is 186 g/mol. The Morgan fingerprint density at radius 2 is 2.00 bits per heavy atom. The second-order valence-electron chi connectivity index (χ2n) is 4.14. The predicted molar refractivity (Wildman–Crippen MR) is 63.1 cm³/mol. The molecule has 15 heavy (non-hydrogen) atoms. The van der Waals surface area contributed by atoms with Gasteiger partial charge in [0.25, 0.3) is 0 Å². The van der Waals surface area contributed by atoms with Crippen molar-refractivity contribution in [1.29, 1.82) is 0 Å². The molecule has 0 bridgehead atoms. The summed E-state index contributed by atoms with van der Waals surface area (Å²) >= 11 is 0. The summed E-state index contributed by atoms with van der Waals surface area (Å²) in [5, 5.41) is 0. The second-order valence-corrected chi connectivity index (χ2v) is 4.14. The number of benzene rings is 1. The van der Waals surface area contributed by atoms with Crippen molar-refractivity contribution in [3.8, 4) is 0 Å². The van der Waals surface area contributed by atoms with Crippen molar-refractivity contribution in [2.45, 2.75) is 27.2 Å². The normalized spacial score (nSPS) is 12.5. The summed E-state index contributed by atoms with van der Waals surface area (Å²) < 4.78 is 0. The summed E-state index contributed by atoms with van der Waals surface area (Å²) in [6, 6.07) is 5.86. The Morgan fingerprint density at radius 3 is 2.53 bits per heavy atom. The molecule has 0 aliphatic carbocycles. The van der Waals surface area contributed by atoms with Gasteiger partial charge in [0.1, 0.15) is 0 Å². The standard InChI is InChI=1S/C13H19NO/c1-9-4-5-12(8-11(9)3)13(15)10(2)6-7-14/h4-5,8,10H,6-7,14H2,1-3H3. The molecule has 0 aliphatic heterocycles. The van der Waals surface area contributed by atoms with E-state index < -0.39 is 0 Å². The van der Waals surface area contributed by atoms with Crippen LogP contribution in [0.3, 0.4) is 0 Å². The van der Waals surface area contributed by atoms with Gasteiger partial charge in [-0.1, -0.05) is 19.1 Å². The first-order valence-electron chi connectivity index (χ1n) is 5.37. The minimum absolute atomic E-state index is 0.0251. The van der Waals surface area contributed by atoms with E-state index in [1.54, 1.807) is 0 Å². The highest BCUT2D eigenvalue weighted by Gasteiger charge is 2.14. The number of nitrogens with two attached hydrogens (primary N) is 1. The van der Waals surface area contributed by atoms with Crippen LogP contribution in [-0.4, -0.2) is 12.3 Å². The van der Waals surface area contributed by atoms with E-state index in [-0.39, 0.29) is 11.7 Å². The molecule has 2 N–H and O–H groups in total. The summed E-state index contributed by atoms with van der Waals surface area (Å²) in [7, 11) is 0. The minimum atomic E-state index is 0.0251. The molecule has 1 aromatic carbocycles. The SMILES string of the molecule is Cc1ccc(C(=O)C(C)CCN)cc1C. The van der Waals surface area contributed by atoms with Crippen LogP contribution in [0.2, 0.25) is 0 Å². The highest BCUT2D eigenvalue weighted by atomic mass is 16.1. The molecule has 1 aromatic rings. The maximum atomic E-state index is 11.9. The van der Waals surface area contributed by atoms with Crippen molar-refractivity contribution in [3.63, 3.8) is 0 Å². The summed E-state index contributed by atoms with van der Waals surface area (Å²) in [5.74, 6) is 0.223. The molecule has 0 fully saturated rings. The Kier molecular flexibility index (Phi) is 4.04. The van der Waals surface area contributed by atoms with Crippen LogP contribution in [0.1, 0.15) is 34.8 Å². The van der Waals surface area contributed by atoms with Gasteiger partial charge in [0, 0.05) is 11.5 Å². The molecule has 1 atom stereocenters. The van der Waals surface area contributed by atoms with Gasteiger partial charge in [-0.2, -0.15) is 0 Å². The van der Waals surface area contributed by atoms with E-state index >= 15 is 0 Å². The van der Waals surface area contributed by atoms with E-state index in [4.69, 9.17) is 5.73 Å². The van der Waals surface area contributed by atoms with Gasteiger partial charge in [-0.15, -0.1) is 0 Å². The number of rotatable bonds is 4. The van der Waals surface area contributed by atoms with Crippen LogP contribution in [0.4, 0.5) is 0 Å². The predicted octanol–water partition coefficient (Wildman–Crippen LogP) is 2.47. The molecule has 0 saturated carbocycles. The highest BCUT2D eigenvalue weighted by molar-refractivity contribution is 5.97. The van der Waals surface area contributed by atoms with Crippen molar-refractivity contribution >= 4 is 5.78 Å². The lowest BCUT2D eigenvalue weighted by Crippen LogP contribution is -2.15. The smallest absolute Gasteiger partial charge is 0.165 e. The third kappa shape index (κ3) is 2.90. The fourth-order valence-corrected chi connectivity index (χ4v) is 1.56. The van der Waals surface area contributed by atoms with Gasteiger partial charge in [-0.3, -0.25) is 4.79 Å². The molecule has 82 valence electrons. The first kappa shape index (κ1) is 11.9. The molecule has 2 heteroatoms. The average molecular weight is 205 g/mol. The quantitative estimate of drug-likeness (QED) is 0.767. The van der Waals surface area contributed by atoms with Crippen LogP contribution in [0.5, 0.6) is 0 Å². The maximum absolute atomic E-state index is 11.9. The number of carbonyl (C=O) groups is 1. The highest BCUT2D eigenvalue weighted by Crippen LogP contribution is 2.15. The van der Waals surface area contributed by atoms with E-state index in [0.717, 1.165) is 12.0 Å². The fraction of sp³-hybridized carbons (Fsp3) is 0.462. The maximum Gasteiger partial charge on any atom is 0.165 e. The zero-order chi connectivity index (χ0) is 11.4. The molecule has 1 rings (SSSR count). The topological polar surface area (TPSA) is 43.1 Å². The fourth-order valence-electron chi connectivity index (χ4n) is 1.56. The van der Waals surface area contributed by atoms with Gasteiger partial charge in [0.2, 0.25) is 0 Å². The Labute approximate surface area is 91.5 Å². The van der Waals surface area contributed by atoms with Crippen molar-refractivity contribution < 1.29 is 4.79 Å². The van der Waals surface area contributed by atoms with Gasteiger partial charge >= 0.3 is 0 Å². The Morgan fingerprint density at radius 1 is 1.33 bits per heavy atom. The van der Waals surface area contributed by atoms with E-state index in [2.05, 4.69) is 0 Å². The summed E-state index contributed by atoms with van der Waals surface area (Å²) in [4.78, 5) is 11.9. The zero-order valence-corrected chi connectivity index (χ0v) is 9.71. The van der Waals surface area contributed by atoms with Crippen LogP contribution in [-0.2, 0) is 0 Å². The van der Waals surface area contributed by atoms with Gasteiger partial charge in [-0.05, 0) is 44.0 Å². The monoisotopic (exact) mass is 205 g/mol. The number of Topliss-reactive ketones (excluding diaryl/α,β-unsaturated/α-hetero) is 1. The number of aryl methyl sites for hydroxylation is 2. The van der Waals surface area contributed by atoms with Crippen molar-refractivity contribution in [1.82, 2.24) is 0 Å². The molecule has 0 saturated heterocycles. The van der Waals surface area contributed by atoms with Crippen LogP contribution in [0.15, 0.2) is 18.2 Å². The summed E-state index contributed by atoms with van der Waals surface area (Å²) in [6.07, 6.45) is 0.756. The molecule has 0 aliphatic rings. The minimum Gasteiger partial charge on any atom is -0.330 e. The molecule has 0 aromatic heterocycles. The molecule has 0 amide bonds. The molecule has 1 unspecified atom stereocenters. The van der Waals surface area contributed by atoms with E-state index in [1.165, 1.54) is 11.1 Å². The third-order valence-corrected chi connectivity index (χ3v) is 2.84. The van der Waals surface area contributed by atoms with Crippen LogP contribution in [0, 0.1) is 19.8 Å². The van der Waals surface area contributed by atoms with Crippen molar-refractivity contribution in [2.75, 3.05) is 6.54 Å². The van der Waals surface area contributed by atoms with Crippen molar-refractivity contribution in [2.24, 2.45) is 11.7 Å². The summed E-state index contributed by atoms with van der Waals surface area (Å²) in [5.41, 5.74) is 8.64. The van der Waals surface area contributed by atoms with Crippen molar-refractivity contribution in [3.05, 3.63) is 34.9 Å². The number of hydrogen-bond acceptors (Lipinski definition) is 2. The molecule has 0 spiro atoms. The third-order valence-electron chi connectivity index (χ3n) is 2.84. The average Bonchev–Trinajstić information content (AvgIpc) is 2.21. The lowest BCUT2D eigenvalue weighted by atomic mass is 9.94. The van der Waals surface area contributed by atoms with Crippen LogP contribution < -0.4 is 5.73 Å². The number of hydrogen-bond donors (Lipinski definition) is 1. The van der Waals surface area contributed by atoms with Gasteiger partial charge in [-0.25, -0.2) is 0 Å². The van der Waals surface area contributed by atoms with E-state index in [1.807, 2.05) is 39.0 Å². The zero-order valence-electron chi connectivity index (χ0n) is 9.71. The Bertz CT molecular complexity index is 358. The van der Waals surface area contributed by atoms with Gasteiger partial charge in [0.15, 0.2) is 5.78 Å². The molecule has 0 heterocycles. The Hall–Kier alpha value is -1.15. The van der Waals surface area contributed by atoms with Crippen LogP contribution >= 0.6 is 0 Å². The molecule has 2 nitrogen and oxygen atoms in total. The lowest BCUT2D eigenvalue weighted by Gasteiger charge is -2.10. The number of carbonyl (C=O) groups excluding carboxylic acids is 1. The molecule has 0 radical (unpaired) electrons. The summed E-state index contributed by atoms with van der Waals surface area (Å²) in [6.45, 7) is 6.58.